The lowest BCUT2D eigenvalue weighted by molar-refractivity contribution is -0.151. The molecule has 5 nitrogen and oxygen atoms in total. The molecule has 0 saturated carbocycles. The largest absolute Gasteiger partial charge is 0.462 e. The standard InChI is InChI=1S/C12H18O5/c1-8-5-11(15)6-9(13)3-2-4-10(14)7-12(16)17-8/h2,4,8,10-11,14-15H,3,5-7H2,1H3/b4-2-/t8-,10-,11+/m1/s1. The van der Waals surface area contributed by atoms with Gasteiger partial charge in [0, 0.05) is 19.3 Å². The van der Waals surface area contributed by atoms with Gasteiger partial charge in [-0.3, -0.25) is 9.59 Å². The number of aliphatic hydroxyl groups excluding tert-OH is 2. The minimum Gasteiger partial charge on any atom is -0.462 e. The third-order valence-electron chi connectivity index (χ3n) is 2.48. The Morgan fingerprint density at radius 3 is 2.71 bits per heavy atom. The first-order valence-electron chi connectivity index (χ1n) is 5.71. The molecule has 1 aliphatic rings. The van der Waals surface area contributed by atoms with Crippen molar-refractivity contribution >= 4 is 11.8 Å². The number of carbonyl (C=O) groups excluding carboxylic acids is 2. The molecule has 3 atom stereocenters. The average Bonchev–Trinajstić information content (AvgIpc) is 2.14. The van der Waals surface area contributed by atoms with Crippen molar-refractivity contribution in [2.75, 3.05) is 0 Å². The van der Waals surface area contributed by atoms with Crippen molar-refractivity contribution in [1.82, 2.24) is 0 Å². The Labute approximate surface area is 100 Å². The fourth-order valence-electron chi connectivity index (χ4n) is 1.73. The van der Waals surface area contributed by atoms with Crippen LogP contribution in [0.4, 0.5) is 0 Å². The number of esters is 1. The van der Waals surface area contributed by atoms with Crippen LogP contribution in [0, 0.1) is 0 Å². The molecule has 0 amide bonds. The number of hydrogen-bond acceptors (Lipinski definition) is 5. The number of allylic oxidation sites excluding steroid dienone is 1. The smallest absolute Gasteiger partial charge is 0.309 e. The summed E-state index contributed by atoms with van der Waals surface area (Å²) in [5.41, 5.74) is 0. The molecule has 0 unspecified atom stereocenters. The van der Waals surface area contributed by atoms with E-state index in [0.717, 1.165) is 0 Å². The normalized spacial score (nSPS) is 34.4. The van der Waals surface area contributed by atoms with Crippen molar-refractivity contribution in [2.45, 2.75) is 50.9 Å². The highest BCUT2D eigenvalue weighted by molar-refractivity contribution is 5.80. The Morgan fingerprint density at radius 2 is 2.00 bits per heavy atom. The predicted molar refractivity (Wildman–Crippen MR) is 60.2 cm³/mol. The van der Waals surface area contributed by atoms with E-state index in [2.05, 4.69) is 0 Å². The molecule has 0 aromatic rings. The van der Waals surface area contributed by atoms with Crippen molar-refractivity contribution in [2.24, 2.45) is 0 Å². The van der Waals surface area contributed by atoms with Crippen molar-refractivity contribution in [1.29, 1.82) is 0 Å². The van der Waals surface area contributed by atoms with E-state index in [4.69, 9.17) is 4.74 Å². The van der Waals surface area contributed by atoms with Crippen LogP contribution in [-0.4, -0.2) is 40.3 Å². The van der Waals surface area contributed by atoms with Gasteiger partial charge in [0.1, 0.15) is 11.9 Å². The van der Waals surface area contributed by atoms with Gasteiger partial charge in [0.05, 0.1) is 18.6 Å². The molecule has 0 fully saturated rings. The van der Waals surface area contributed by atoms with Gasteiger partial charge in [-0.25, -0.2) is 0 Å². The fourth-order valence-corrected chi connectivity index (χ4v) is 1.73. The summed E-state index contributed by atoms with van der Waals surface area (Å²) in [4.78, 5) is 22.7. The van der Waals surface area contributed by atoms with E-state index >= 15 is 0 Å². The van der Waals surface area contributed by atoms with Gasteiger partial charge in [0.2, 0.25) is 0 Å². The van der Waals surface area contributed by atoms with Gasteiger partial charge < -0.3 is 14.9 Å². The molecule has 0 saturated heterocycles. The summed E-state index contributed by atoms with van der Waals surface area (Å²) in [5.74, 6) is -0.603. The highest BCUT2D eigenvalue weighted by Gasteiger charge is 2.19. The summed E-state index contributed by atoms with van der Waals surface area (Å²) < 4.78 is 5.00. The quantitative estimate of drug-likeness (QED) is 0.472. The zero-order chi connectivity index (χ0) is 12.8. The van der Waals surface area contributed by atoms with E-state index in [1.165, 1.54) is 12.2 Å². The molecule has 1 rings (SSSR count). The molecule has 17 heavy (non-hydrogen) atoms. The van der Waals surface area contributed by atoms with Gasteiger partial charge in [0.15, 0.2) is 0 Å². The Bertz CT molecular complexity index is 310. The van der Waals surface area contributed by atoms with Crippen LogP contribution in [0.5, 0.6) is 0 Å². The molecule has 96 valence electrons. The molecule has 0 aromatic carbocycles. The lowest BCUT2D eigenvalue weighted by Crippen LogP contribution is -2.25. The van der Waals surface area contributed by atoms with Crippen LogP contribution in [0.1, 0.15) is 32.6 Å². The van der Waals surface area contributed by atoms with Gasteiger partial charge >= 0.3 is 5.97 Å². The molecular formula is C12H18O5. The summed E-state index contributed by atoms with van der Waals surface area (Å²) in [6.07, 6.45) is 1.05. The van der Waals surface area contributed by atoms with Crippen LogP contribution in [0.3, 0.4) is 0 Å². The molecule has 2 N–H and O–H groups in total. The van der Waals surface area contributed by atoms with Crippen LogP contribution < -0.4 is 0 Å². The number of ketones is 1. The second kappa shape index (κ2) is 6.51. The second-order valence-corrected chi connectivity index (χ2v) is 4.34. The number of hydrogen-bond donors (Lipinski definition) is 2. The van der Waals surface area contributed by atoms with E-state index in [1.807, 2.05) is 0 Å². The zero-order valence-electron chi connectivity index (χ0n) is 9.83. The maximum absolute atomic E-state index is 11.4. The molecule has 1 heterocycles. The number of Topliss-reactive ketones (excluding diaryl/α,β-unsaturated/α-hetero) is 1. The van der Waals surface area contributed by atoms with Crippen LogP contribution >= 0.6 is 0 Å². The first kappa shape index (κ1) is 13.9. The summed E-state index contributed by atoms with van der Waals surface area (Å²) in [6, 6.07) is 0. The summed E-state index contributed by atoms with van der Waals surface area (Å²) >= 11 is 0. The maximum Gasteiger partial charge on any atom is 0.309 e. The average molecular weight is 242 g/mol. The SMILES string of the molecule is C[C@@H]1C[C@H](O)CC(=O)C/C=C\[C@@H](O)CC(=O)O1. The minimum absolute atomic E-state index is 0.0440. The molecule has 0 bridgehead atoms. The molecule has 0 spiro atoms. The summed E-state index contributed by atoms with van der Waals surface area (Å²) in [7, 11) is 0. The van der Waals surface area contributed by atoms with Gasteiger partial charge in [-0.1, -0.05) is 12.2 Å². The molecule has 0 aromatic heterocycles. The van der Waals surface area contributed by atoms with Crippen molar-refractivity contribution in [3.05, 3.63) is 12.2 Å². The molecule has 1 aliphatic heterocycles. The lowest BCUT2D eigenvalue weighted by atomic mass is 10.0. The first-order chi connectivity index (χ1) is 7.97. The van der Waals surface area contributed by atoms with Crippen LogP contribution in [0.2, 0.25) is 0 Å². The number of cyclic esters (lactones) is 1. The third kappa shape index (κ3) is 5.60. The number of rotatable bonds is 0. The number of ether oxygens (including phenoxy) is 1. The second-order valence-electron chi connectivity index (χ2n) is 4.34. The van der Waals surface area contributed by atoms with E-state index in [0.29, 0.717) is 0 Å². The van der Waals surface area contributed by atoms with Crippen LogP contribution in [0.25, 0.3) is 0 Å². The highest BCUT2D eigenvalue weighted by atomic mass is 16.5. The zero-order valence-corrected chi connectivity index (χ0v) is 9.83. The Kier molecular flexibility index (Phi) is 5.31. The van der Waals surface area contributed by atoms with Crippen molar-refractivity contribution in [3.63, 3.8) is 0 Å². The number of carbonyl (C=O) groups is 2. The Hall–Kier alpha value is -1.20. The lowest BCUT2D eigenvalue weighted by Gasteiger charge is -2.18. The Morgan fingerprint density at radius 1 is 1.29 bits per heavy atom. The topological polar surface area (TPSA) is 83.8 Å². The number of aliphatic hydroxyl groups is 2. The van der Waals surface area contributed by atoms with Gasteiger partial charge in [-0.15, -0.1) is 0 Å². The highest BCUT2D eigenvalue weighted by Crippen LogP contribution is 2.11. The fraction of sp³-hybridized carbons (Fsp3) is 0.667. The van der Waals surface area contributed by atoms with Crippen molar-refractivity contribution < 1.29 is 24.5 Å². The first-order valence-corrected chi connectivity index (χ1v) is 5.71. The molecular weight excluding hydrogens is 224 g/mol. The molecule has 5 heteroatoms. The van der Waals surface area contributed by atoms with Crippen molar-refractivity contribution in [3.8, 4) is 0 Å². The molecule has 0 radical (unpaired) electrons. The maximum atomic E-state index is 11.4. The van der Waals surface area contributed by atoms with Crippen LogP contribution in [-0.2, 0) is 14.3 Å². The Balaban J connectivity index is 2.67. The van der Waals surface area contributed by atoms with Gasteiger partial charge in [0.25, 0.3) is 0 Å². The third-order valence-corrected chi connectivity index (χ3v) is 2.48. The van der Waals surface area contributed by atoms with E-state index in [-0.39, 0.29) is 31.5 Å². The summed E-state index contributed by atoms with van der Waals surface area (Å²) in [5, 5.41) is 19.0. The predicted octanol–water partition coefficient (Wildman–Crippen LogP) is 0.339. The minimum atomic E-state index is -0.924. The van der Waals surface area contributed by atoms with E-state index in [1.54, 1.807) is 6.92 Å². The van der Waals surface area contributed by atoms with Gasteiger partial charge in [-0.2, -0.15) is 0 Å². The van der Waals surface area contributed by atoms with E-state index < -0.39 is 24.3 Å². The monoisotopic (exact) mass is 242 g/mol. The molecule has 0 aliphatic carbocycles. The van der Waals surface area contributed by atoms with E-state index in [9.17, 15) is 19.8 Å². The van der Waals surface area contributed by atoms with Gasteiger partial charge in [-0.05, 0) is 6.92 Å². The summed E-state index contributed by atoms with van der Waals surface area (Å²) in [6.45, 7) is 1.65. The van der Waals surface area contributed by atoms with Crippen LogP contribution in [0.15, 0.2) is 12.2 Å².